The summed E-state index contributed by atoms with van der Waals surface area (Å²) in [4.78, 5) is 0. The van der Waals surface area contributed by atoms with Crippen molar-refractivity contribution >= 4 is 0 Å². The molecule has 0 aromatic rings. The highest BCUT2D eigenvalue weighted by atomic mass is 16.5. The summed E-state index contributed by atoms with van der Waals surface area (Å²) < 4.78 is 18.1. The van der Waals surface area contributed by atoms with Gasteiger partial charge in [0.1, 0.15) is 6.54 Å². The normalized spacial score (nSPS) is 14.0. The Labute approximate surface area is 207 Å². The van der Waals surface area contributed by atoms with E-state index in [-0.39, 0.29) is 6.10 Å². The van der Waals surface area contributed by atoms with Crippen molar-refractivity contribution in [3.05, 3.63) is 0 Å². The molecule has 2 atom stereocenters. The molecular weight excluding hydrogens is 414 g/mol. The third kappa shape index (κ3) is 26.2. The van der Waals surface area contributed by atoms with Crippen molar-refractivity contribution in [2.24, 2.45) is 0 Å². The summed E-state index contributed by atoms with van der Waals surface area (Å²) in [7, 11) is 6.50. The van der Waals surface area contributed by atoms with Crippen LogP contribution in [0.2, 0.25) is 0 Å². The molecule has 0 saturated heterocycles. The first kappa shape index (κ1) is 32.8. The van der Waals surface area contributed by atoms with Gasteiger partial charge in [-0.3, -0.25) is 0 Å². The van der Waals surface area contributed by atoms with E-state index in [9.17, 15) is 5.11 Å². The van der Waals surface area contributed by atoms with Gasteiger partial charge in [0, 0.05) is 13.2 Å². The maximum Gasteiger partial charge on any atom is 0.102 e. The van der Waals surface area contributed by atoms with E-state index in [2.05, 4.69) is 28.1 Å². The highest BCUT2D eigenvalue weighted by molar-refractivity contribution is 4.65. The number of unbranched alkanes of at least 4 members (excludes halogenated alkanes) is 12. The zero-order valence-electron chi connectivity index (χ0n) is 23.1. The van der Waals surface area contributed by atoms with Gasteiger partial charge in [0.25, 0.3) is 0 Å². The quantitative estimate of drug-likeness (QED) is 0.117. The van der Waals surface area contributed by atoms with Gasteiger partial charge in [-0.1, -0.05) is 90.4 Å². The topological polar surface area (TPSA) is 47.9 Å². The molecule has 0 aliphatic carbocycles. The molecule has 0 aromatic heterocycles. The second-order valence-corrected chi connectivity index (χ2v) is 10.8. The lowest BCUT2D eigenvalue weighted by Crippen LogP contribution is -2.37. The van der Waals surface area contributed by atoms with Gasteiger partial charge in [0.15, 0.2) is 0 Å². The summed E-state index contributed by atoms with van der Waals surface area (Å²) in [6.07, 6.45) is 19.1. The fourth-order valence-electron chi connectivity index (χ4n) is 3.88. The molecule has 33 heavy (non-hydrogen) atoms. The van der Waals surface area contributed by atoms with Gasteiger partial charge >= 0.3 is 0 Å². The van der Waals surface area contributed by atoms with Gasteiger partial charge in [0.05, 0.1) is 53.2 Å². The van der Waals surface area contributed by atoms with Crippen LogP contribution in [0.5, 0.6) is 0 Å². The van der Waals surface area contributed by atoms with Crippen molar-refractivity contribution in [3.63, 3.8) is 0 Å². The summed E-state index contributed by atoms with van der Waals surface area (Å²) in [6, 6.07) is 0. The zero-order chi connectivity index (χ0) is 24.6. The molecule has 200 valence electrons. The van der Waals surface area contributed by atoms with E-state index >= 15 is 0 Å². The molecular formula is C28H60NO4+. The number of aliphatic hydroxyl groups excluding tert-OH is 1. The molecule has 0 heterocycles. The number of hydrogen-bond acceptors (Lipinski definition) is 4. The molecule has 0 amide bonds. The molecule has 0 radical (unpaired) electrons. The van der Waals surface area contributed by atoms with E-state index in [1.54, 1.807) is 0 Å². The molecule has 5 heteroatoms. The van der Waals surface area contributed by atoms with Crippen LogP contribution in [0.4, 0.5) is 0 Å². The largest absolute Gasteiger partial charge is 0.391 e. The van der Waals surface area contributed by atoms with Crippen LogP contribution >= 0.6 is 0 Å². The highest BCUT2D eigenvalue weighted by Crippen LogP contribution is 2.15. The summed E-state index contributed by atoms with van der Waals surface area (Å²) in [6.45, 7) is 8.52. The lowest BCUT2D eigenvalue weighted by molar-refractivity contribution is -0.870. The number of nitrogens with zero attached hydrogens (tertiary/aromatic N) is 1. The first-order valence-electron chi connectivity index (χ1n) is 14.1. The first-order chi connectivity index (χ1) is 15.9. The van der Waals surface area contributed by atoms with Crippen LogP contribution < -0.4 is 0 Å². The number of likely N-dealkylation sites (N-methyl/N-ethyl adjacent to an activating group) is 1. The molecule has 2 unspecified atom stereocenters. The second-order valence-electron chi connectivity index (χ2n) is 10.8. The van der Waals surface area contributed by atoms with Crippen molar-refractivity contribution in [3.8, 4) is 0 Å². The smallest absolute Gasteiger partial charge is 0.102 e. The first-order valence-corrected chi connectivity index (χ1v) is 14.1. The number of ether oxygens (including phenoxy) is 3. The molecule has 0 aliphatic heterocycles. The van der Waals surface area contributed by atoms with Crippen LogP contribution in [0, 0.1) is 0 Å². The molecule has 0 aliphatic rings. The average molecular weight is 475 g/mol. The average Bonchev–Trinajstić information content (AvgIpc) is 2.75. The maximum atomic E-state index is 10.0. The Balaban J connectivity index is 3.45. The lowest BCUT2D eigenvalue weighted by atomic mass is 10.0. The molecule has 0 bridgehead atoms. The lowest BCUT2D eigenvalue weighted by Gasteiger charge is -2.23. The van der Waals surface area contributed by atoms with Crippen molar-refractivity contribution in [1.82, 2.24) is 0 Å². The van der Waals surface area contributed by atoms with E-state index in [1.807, 2.05) is 6.92 Å². The van der Waals surface area contributed by atoms with Gasteiger partial charge in [-0.25, -0.2) is 0 Å². The summed E-state index contributed by atoms with van der Waals surface area (Å²) >= 11 is 0. The van der Waals surface area contributed by atoms with Crippen molar-refractivity contribution < 1.29 is 23.8 Å². The molecule has 0 aromatic carbocycles. The molecule has 5 nitrogen and oxygen atoms in total. The van der Waals surface area contributed by atoms with Crippen LogP contribution in [0.15, 0.2) is 0 Å². The Morgan fingerprint density at radius 1 is 0.606 bits per heavy atom. The second kappa shape index (κ2) is 23.5. The SMILES string of the molecule is CCCCCCCCCCCCCCCC(OCCCOCCOCC[N+](C)(C)C)C(C)O. The van der Waals surface area contributed by atoms with E-state index in [1.165, 1.54) is 77.0 Å². The fraction of sp³-hybridized carbons (Fsp3) is 1.00. The minimum absolute atomic E-state index is 0.0448. The van der Waals surface area contributed by atoms with Gasteiger partial charge in [0.2, 0.25) is 0 Å². The van der Waals surface area contributed by atoms with Crippen LogP contribution in [-0.4, -0.2) is 82.5 Å². The van der Waals surface area contributed by atoms with E-state index in [0.717, 1.165) is 36.9 Å². The predicted octanol–water partition coefficient (Wildman–Crippen LogP) is 6.36. The number of hydrogen-bond donors (Lipinski definition) is 1. The van der Waals surface area contributed by atoms with E-state index in [0.29, 0.717) is 26.4 Å². The molecule has 0 fully saturated rings. The number of quaternary nitrogens is 1. The number of rotatable bonds is 26. The van der Waals surface area contributed by atoms with Gasteiger partial charge < -0.3 is 23.8 Å². The fourth-order valence-corrected chi connectivity index (χ4v) is 3.88. The van der Waals surface area contributed by atoms with Crippen LogP contribution in [0.25, 0.3) is 0 Å². The maximum absolute atomic E-state index is 10.0. The van der Waals surface area contributed by atoms with E-state index < -0.39 is 6.10 Å². The molecule has 0 spiro atoms. The van der Waals surface area contributed by atoms with Crippen LogP contribution in [0.3, 0.4) is 0 Å². The summed E-state index contributed by atoms with van der Waals surface area (Å²) in [5.74, 6) is 0. The Kier molecular flexibility index (Phi) is 23.4. The summed E-state index contributed by atoms with van der Waals surface area (Å²) in [5, 5.41) is 10.0. The molecule has 1 N–H and O–H groups in total. The third-order valence-electron chi connectivity index (χ3n) is 6.17. The predicted molar refractivity (Wildman–Crippen MR) is 141 cm³/mol. The number of aliphatic hydroxyl groups is 1. The minimum Gasteiger partial charge on any atom is -0.391 e. The van der Waals surface area contributed by atoms with Gasteiger partial charge in [-0.05, 0) is 19.8 Å². The Bertz CT molecular complexity index is 385. The zero-order valence-corrected chi connectivity index (χ0v) is 23.1. The van der Waals surface area contributed by atoms with Crippen molar-refractivity contribution in [2.45, 2.75) is 122 Å². The third-order valence-corrected chi connectivity index (χ3v) is 6.17. The molecule has 0 saturated carbocycles. The van der Waals surface area contributed by atoms with Crippen LogP contribution in [-0.2, 0) is 14.2 Å². The minimum atomic E-state index is -0.405. The van der Waals surface area contributed by atoms with Crippen molar-refractivity contribution in [2.75, 3.05) is 60.7 Å². The summed E-state index contributed by atoms with van der Waals surface area (Å²) in [5.41, 5.74) is 0. The molecule has 0 rings (SSSR count). The van der Waals surface area contributed by atoms with Gasteiger partial charge in [-0.2, -0.15) is 0 Å². The Morgan fingerprint density at radius 3 is 1.58 bits per heavy atom. The van der Waals surface area contributed by atoms with Gasteiger partial charge in [-0.15, -0.1) is 0 Å². The Morgan fingerprint density at radius 2 is 1.09 bits per heavy atom. The standard InChI is InChI=1S/C28H60NO4/c1-6-7-8-9-10-11-12-13-14-15-16-17-18-20-28(27(2)30)33-23-19-22-31-25-26-32-24-21-29(3,4)5/h27-28,30H,6-26H2,1-5H3/q+1. The van der Waals surface area contributed by atoms with Crippen LogP contribution in [0.1, 0.15) is 110 Å². The Hall–Kier alpha value is -0.200. The van der Waals surface area contributed by atoms with Crippen molar-refractivity contribution in [1.29, 1.82) is 0 Å². The highest BCUT2D eigenvalue weighted by Gasteiger charge is 2.14. The monoisotopic (exact) mass is 474 g/mol. The van der Waals surface area contributed by atoms with E-state index in [4.69, 9.17) is 14.2 Å².